The van der Waals surface area contributed by atoms with Crippen molar-refractivity contribution in [1.82, 2.24) is 0 Å². The Morgan fingerprint density at radius 2 is 1.77 bits per heavy atom. The fourth-order valence-electron chi connectivity index (χ4n) is 2.46. The molecule has 0 aliphatic carbocycles. The van der Waals surface area contributed by atoms with E-state index in [1.54, 1.807) is 0 Å². The number of benzene rings is 2. The van der Waals surface area contributed by atoms with E-state index in [1.165, 1.54) is 31.2 Å². The third-order valence-corrected chi connectivity index (χ3v) is 4.26. The van der Waals surface area contributed by atoms with Gasteiger partial charge in [0.05, 0.1) is 17.2 Å². The van der Waals surface area contributed by atoms with Crippen LogP contribution in [0.5, 0.6) is 0 Å². The molecule has 2 atom stereocenters. The van der Waals surface area contributed by atoms with Crippen LogP contribution < -0.4 is 5.32 Å². The number of para-hydroxylation sites is 1. The Balaban J connectivity index is 2.04. The van der Waals surface area contributed by atoms with E-state index in [9.17, 15) is 9.59 Å². The summed E-state index contributed by atoms with van der Waals surface area (Å²) in [4.78, 5) is 24.6. The van der Waals surface area contributed by atoms with Crippen molar-refractivity contribution >= 4 is 17.6 Å². The number of anilines is 1. The topological polar surface area (TPSA) is 79.2 Å². The molecular formula is C21H22N2O3. The minimum absolute atomic E-state index is 0.295. The van der Waals surface area contributed by atoms with Gasteiger partial charge in [-0.1, -0.05) is 32.0 Å². The number of nitrogens with zero attached hydrogens (tertiary/aromatic N) is 1. The van der Waals surface area contributed by atoms with Gasteiger partial charge in [0.15, 0.2) is 6.10 Å². The Bertz CT molecular complexity index is 822. The summed E-state index contributed by atoms with van der Waals surface area (Å²) in [5, 5.41) is 11.6. The molecule has 1 amide bonds. The average Bonchev–Trinajstić information content (AvgIpc) is 2.67. The lowest BCUT2D eigenvalue weighted by atomic mass is 9.97. The van der Waals surface area contributed by atoms with Crippen LogP contribution in [-0.4, -0.2) is 18.0 Å². The standard InChI is InChI=1S/C21H22N2O3/c1-4-14(2)18-7-5-6-8-19(18)23-20(24)15(3)26-21(25)17-11-9-16(13-22)10-12-17/h5-12,14-15H,4H2,1-3H3,(H,23,24)/t14-,15-/m1/s1. The Morgan fingerprint density at radius 1 is 1.12 bits per heavy atom. The molecule has 0 saturated heterocycles. The highest BCUT2D eigenvalue weighted by atomic mass is 16.5. The largest absolute Gasteiger partial charge is 0.449 e. The minimum atomic E-state index is -0.942. The Morgan fingerprint density at radius 3 is 2.38 bits per heavy atom. The second kappa shape index (κ2) is 8.82. The average molecular weight is 350 g/mol. The van der Waals surface area contributed by atoms with Crippen molar-refractivity contribution in [1.29, 1.82) is 5.26 Å². The first kappa shape index (κ1) is 19.2. The maximum atomic E-state index is 12.4. The lowest BCUT2D eigenvalue weighted by molar-refractivity contribution is -0.123. The number of hydrogen-bond acceptors (Lipinski definition) is 4. The minimum Gasteiger partial charge on any atom is -0.449 e. The summed E-state index contributed by atoms with van der Waals surface area (Å²) < 4.78 is 5.24. The predicted molar refractivity (Wildman–Crippen MR) is 99.8 cm³/mol. The van der Waals surface area contributed by atoms with Gasteiger partial charge >= 0.3 is 5.97 Å². The van der Waals surface area contributed by atoms with Crippen LogP contribution >= 0.6 is 0 Å². The molecule has 134 valence electrons. The fourth-order valence-corrected chi connectivity index (χ4v) is 2.46. The predicted octanol–water partition coefficient (Wildman–Crippen LogP) is 4.26. The molecule has 5 nitrogen and oxygen atoms in total. The van der Waals surface area contributed by atoms with Gasteiger partial charge in [-0.15, -0.1) is 0 Å². The first-order chi connectivity index (χ1) is 12.5. The summed E-state index contributed by atoms with van der Waals surface area (Å²) in [5.41, 5.74) is 2.53. The zero-order valence-electron chi connectivity index (χ0n) is 15.2. The Labute approximate surface area is 153 Å². The summed E-state index contributed by atoms with van der Waals surface area (Å²) in [6.45, 7) is 5.72. The first-order valence-corrected chi connectivity index (χ1v) is 8.57. The van der Waals surface area contributed by atoms with E-state index in [1.807, 2.05) is 30.3 Å². The molecule has 2 aromatic carbocycles. The van der Waals surface area contributed by atoms with E-state index < -0.39 is 12.1 Å². The summed E-state index contributed by atoms with van der Waals surface area (Å²) in [6, 6.07) is 15.7. The highest BCUT2D eigenvalue weighted by Gasteiger charge is 2.20. The van der Waals surface area contributed by atoms with E-state index in [0.717, 1.165) is 17.7 Å². The SMILES string of the molecule is CC[C@@H](C)c1ccccc1NC(=O)[C@@H](C)OC(=O)c1ccc(C#N)cc1. The van der Waals surface area contributed by atoms with Crippen LogP contribution in [0.15, 0.2) is 48.5 Å². The van der Waals surface area contributed by atoms with E-state index in [4.69, 9.17) is 10.00 Å². The van der Waals surface area contributed by atoms with Crippen molar-refractivity contribution in [3.05, 3.63) is 65.2 Å². The lowest BCUT2D eigenvalue weighted by Crippen LogP contribution is -2.30. The quantitative estimate of drug-likeness (QED) is 0.790. The zero-order chi connectivity index (χ0) is 19.1. The van der Waals surface area contributed by atoms with Crippen molar-refractivity contribution in [2.24, 2.45) is 0 Å². The van der Waals surface area contributed by atoms with Gasteiger partial charge in [-0.2, -0.15) is 5.26 Å². The molecule has 5 heteroatoms. The Hall–Kier alpha value is -3.13. The molecule has 0 fully saturated rings. The third kappa shape index (κ3) is 4.70. The molecule has 0 unspecified atom stereocenters. The van der Waals surface area contributed by atoms with Crippen LogP contribution in [0.2, 0.25) is 0 Å². The molecule has 26 heavy (non-hydrogen) atoms. The van der Waals surface area contributed by atoms with Gasteiger partial charge in [0, 0.05) is 5.69 Å². The van der Waals surface area contributed by atoms with Crippen molar-refractivity contribution < 1.29 is 14.3 Å². The molecule has 0 radical (unpaired) electrons. The molecule has 0 aliphatic rings. The molecule has 0 aliphatic heterocycles. The number of carbonyl (C=O) groups excluding carboxylic acids is 2. The van der Waals surface area contributed by atoms with Crippen LogP contribution in [0, 0.1) is 11.3 Å². The fraction of sp³-hybridized carbons (Fsp3) is 0.286. The van der Waals surface area contributed by atoms with Gasteiger partial charge in [-0.05, 0) is 55.2 Å². The second-order valence-corrected chi connectivity index (χ2v) is 6.12. The number of ether oxygens (including phenoxy) is 1. The third-order valence-electron chi connectivity index (χ3n) is 4.26. The number of rotatable bonds is 6. The van der Waals surface area contributed by atoms with Gasteiger partial charge in [0.25, 0.3) is 5.91 Å². The van der Waals surface area contributed by atoms with Gasteiger partial charge in [0.2, 0.25) is 0 Å². The smallest absolute Gasteiger partial charge is 0.338 e. The highest BCUT2D eigenvalue weighted by molar-refractivity contribution is 5.97. The molecule has 2 rings (SSSR count). The van der Waals surface area contributed by atoms with Crippen molar-refractivity contribution in [2.75, 3.05) is 5.32 Å². The van der Waals surface area contributed by atoms with E-state index in [0.29, 0.717) is 17.0 Å². The molecule has 0 aromatic heterocycles. The van der Waals surface area contributed by atoms with Crippen LogP contribution in [0.1, 0.15) is 54.6 Å². The summed E-state index contributed by atoms with van der Waals surface area (Å²) in [5.74, 6) is -0.682. The second-order valence-electron chi connectivity index (χ2n) is 6.12. The number of hydrogen-bond donors (Lipinski definition) is 1. The normalized spacial score (nSPS) is 12.5. The number of nitrogens with one attached hydrogen (secondary N) is 1. The maximum absolute atomic E-state index is 12.4. The molecule has 1 N–H and O–H groups in total. The summed E-state index contributed by atoms with van der Waals surface area (Å²) in [6.07, 6.45) is 0.0129. The van der Waals surface area contributed by atoms with Crippen LogP contribution in [0.4, 0.5) is 5.69 Å². The van der Waals surface area contributed by atoms with E-state index >= 15 is 0 Å². The van der Waals surface area contributed by atoms with Crippen molar-refractivity contribution in [2.45, 2.75) is 39.2 Å². The number of carbonyl (C=O) groups is 2. The number of amides is 1. The molecule has 2 aromatic rings. The maximum Gasteiger partial charge on any atom is 0.338 e. The van der Waals surface area contributed by atoms with E-state index in [-0.39, 0.29) is 5.91 Å². The molecule has 0 spiro atoms. The van der Waals surface area contributed by atoms with E-state index in [2.05, 4.69) is 19.2 Å². The van der Waals surface area contributed by atoms with Crippen molar-refractivity contribution in [3.8, 4) is 6.07 Å². The van der Waals surface area contributed by atoms with Gasteiger partial charge in [-0.25, -0.2) is 4.79 Å². The van der Waals surface area contributed by atoms with Gasteiger partial charge in [0.1, 0.15) is 0 Å². The summed E-state index contributed by atoms with van der Waals surface area (Å²) in [7, 11) is 0. The van der Waals surface area contributed by atoms with Gasteiger partial charge in [-0.3, -0.25) is 4.79 Å². The van der Waals surface area contributed by atoms with Crippen LogP contribution in [0.25, 0.3) is 0 Å². The molecule has 0 saturated carbocycles. The lowest BCUT2D eigenvalue weighted by Gasteiger charge is -2.18. The zero-order valence-corrected chi connectivity index (χ0v) is 15.2. The monoisotopic (exact) mass is 350 g/mol. The van der Waals surface area contributed by atoms with Crippen LogP contribution in [-0.2, 0) is 9.53 Å². The van der Waals surface area contributed by atoms with Crippen LogP contribution in [0.3, 0.4) is 0 Å². The number of esters is 1. The van der Waals surface area contributed by atoms with Gasteiger partial charge < -0.3 is 10.1 Å². The summed E-state index contributed by atoms with van der Waals surface area (Å²) >= 11 is 0. The first-order valence-electron chi connectivity index (χ1n) is 8.57. The molecule has 0 bridgehead atoms. The Kier molecular flexibility index (Phi) is 6.51. The number of nitriles is 1. The molecular weight excluding hydrogens is 328 g/mol. The highest BCUT2D eigenvalue weighted by Crippen LogP contribution is 2.26. The van der Waals surface area contributed by atoms with Crippen molar-refractivity contribution in [3.63, 3.8) is 0 Å². The molecule has 0 heterocycles.